The van der Waals surface area contributed by atoms with E-state index in [-0.39, 0.29) is 5.97 Å². The maximum atomic E-state index is 11.3. The van der Waals surface area contributed by atoms with Crippen LogP contribution in [0.15, 0.2) is 54.6 Å². The monoisotopic (exact) mass is 358 g/mol. The predicted molar refractivity (Wildman–Crippen MR) is 106 cm³/mol. The van der Waals surface area contributed by atoms with Gasteiger partial charge in [0.15, 0.2) is 0 Å². The number of rotatable bonds is 6. The second-order valence-electron chi connectivity index (χ2n) is 5.80. The highest BCUT2D eigenvalue weighted by molar-refractivity contribution is 8.19. The third-order valence-electron chi connectivity index (χ3n) is 4.04. The summed E-state index contributed by atoms with van der Waals surface area (Å²) in [6.45, 7) is 2.34. The van der Waals surface area contributed by atoms with Gasteiger partial charge in [0.1, 0.15) is 0 Å². The van der Waals surface area contributed by atoms with Crippen LogP contribution in [-0.2, 0) is 9.53 Å². The summed E-state index contributed by atoms with van der Waals surface area (Å²) in [5, 5.41) is 3.32. The topological polar surface area (TPSA) is 26.3 Å². The first-order chi connectivity index (χ1) is 11.8. The zero-order valence-electron chi connectivity index (χ0n) is 13.8. The molecule has 0 aliphatic carbocycles. The number of carbonyl (C=O) groups is 1. The van der Waals surface area contributed by atoms with E-state index >= 15 is 0 Å². The van der Waals surface area contributed by atoms with E-state index in [1.165, 1.54) is 28.2 Å². The molecule has 0 saturated carbocycles. The molecule has 1 saturated heterocycles. The molecule has 2 atom stereocenters. The Morgan fingerprint density at radius 3 is 2.96 bits per heavy atom. The Bertz CT molecular complexity index is 721. The molecule has 2 nitrogen and oxygen atoms in total. The van der Waals surface area contributed by atoms with Crippen molar-refractivity contribution in [2.24, 2.45) is 0 Å². The Balaban J connectivity index is 1.53. The molecular formula is C20H22O2S2. The van der Waals surface area contributed by atoms with Crippen molar-refractivity contribution in [3.05, 3.63) is 60.2 Å². The molecule has 4 heteroatoms. The first-order valence-corrected chi connectivity index (χ1v) is 10.3. The van der Waals surface area contributed by atoms with E-state index in [0.717, 1.165) is 12.8 Å². The number of hydrogen-bond donors (Lipinski definition) is 0. The van der Waals surface area contributed by atoms with Crippen molar-refractivity contribution in [2.75, 3.05) is 12.4 Å². The molecule has 3 rings (SSSR count). The van der Waals surface area contributed by atoms with Crippen LogP contribution >= 0.6 is 23.5 Å². The van der Waals surface area contributed by atoms with Crippen molar-refractivity contribution in [3.8, 4) is 0 Å². The molecular weight excluding hydrogens is 336 g/mol. The fourth-order valence-corrected chi connectivity index (χ4v) is 6.40. The van der Waals surface area contributed by atoms with Gasteiger partial charge in [-0.25, -0.2) is 4.79 Å². The molecule has 0 radical (unpaired) electrons. The van der Waals surface area contributed by atoms with Crippen LogP contribution in [0.3, 0.4) is 0 Å². The lowest BCUT2D eigenvalue weighted by atomic mass is 10.1. The molecule has 2 aromatic carbocycles. The van der Waals surface area contributed by atoms with E-state index in [4.69, 9.17) is 4.74 Å². The van der Waals surface area contributed by atoms with Crippen molar-refractivity contribution in [2.45, 2.75) is 29.6 Å². The molecule has 126 valence electrons. The minimum atomic E-state index is -0.236. The van der Waals surface area contributed by atoms with Gasteiger partial charge in [0.2, 0.25) is 0 Å². The van der Waals surface area contributed by atoms with Gasteiger partial charge < -0.3 is 4.74 Å². The van der Waals surface area contributed by atoms with Gasteiger partial charge >= 0.3 is 5.97 Å². The van der Waals surface area contributed by atoms with Crippen LogP contribution in [0.2, 0.25) is 0 Å². The first-order valence-electron chi connectivity index (χ1n) is 8.32. The largest absolute Gasteiger partial charge is 0.463 e. The maximum Gasteiger partial charge on any atom is 0.330 e. The zero-order valence-corrected chi connectivity index (χ0v) is 15.4. The number of carbonyl (C=O) groups excluding carboxylic acids is 1. The molecule has 0 amide bonds. The minimum Gasteiger partial charge on any atom is -0.463 e. The number of benzene rings is 2. The molecule has 0 aromatic heterocycles. The Kier molecular flexibility index (Phi) is 6.27. The van der Waals surface area contributed by atoms with E-state index in [2.05, 4.69) is 54.2 Å². The van der Waals surface area contributed by atoms with Crippen LogP contribution in [0.4, 0.5) is 0 Å². The summed E-state index contributed by atoms with van der Waals surface area (Å²) in [7, 11) is 0. The van der Waals surface area contributed by atoms with Crippen molar-refractivity contribution >= 4 is 40.3 Å². The number of allylic oxidation sites excluding steroid dienone is 1. The average Bonchev–Trinajstić information content (AvgIpc) is 3.07. The number of fused-ring (bicyclic) bond motifs is 1. The highest BCUT2D eigenvalue weighted by Crippen LogP contribution is 2.51. The molecule has 1 heterocycles. The second-order valence-corrected chi connectivity index (χ2v) is 8.65. The Labute approximate surface area is 152 Å². The molecule has 0 spiro atoms. The summed E-state index contributed by atoms with van der Waals surface area (Å²) >= 11 is 4.09. The third-order valence-corrected chi connectivity index (χ3v) is 7.44. The molecule has 1 aliphatic heterocycles. The molecule has 24 heavy (non-hydrogen) atoms. The smallest absolute Gasteiger partial charge is 0.330 e. The first kappa shape index (κ1) is 17.4. The van der Waals surface area contributed by atoms with Crippen LogP contribution in [0, 0.1) is 0 Å². The third kappa shape index (κ3) is 4.37. The lowest BCUT2D eigenvalue weighted by molar-refractivity contribution is -0.137. The summed E-state index contributed by atoms with van der Waals surface area (Å²) in [5.41, 5.74) is 1.44. The number of thioether (sulfide) groups is 2. The van der Waals surface area contributed by atoms with Crippen molar-refractivity contribution in [1.82, 2.24) is 0 Å². The predicted octanol–water partition coefficient (Wildman–Crippen LogP) is 5.59. The average molecular weight is 359 g/mol. The Morgan fingerprint density at radius 1 is 1.25 bits per heavy atom. The van der Waals surface area contributed by atoms with Crippen molar-refractivity contribution < 1.29 is 9.53 Å². The minimum absolute atomic E-state index is 0.236. The maximum absolute atomic E-state index is 11.3. The van der Waals surface area contributed by atoms with Gasteiger partial charge in [-0.3, -0.25) is 0 Å². The fourth-order valence-electron chi connectivity index (χ4n) is 2.89. The summed E-state index contributed by atoms with van der Waals surface area (Å²) in [6, 6.07) is 15.2. The highest BCUT2D eigenvalue weighted by atomic mass is 32.2. The fraction of sp³-hybridized carbons (Fsp3) is 0.350. The standard InChI is InChI=1S/C20H22O2S2/c1-2-7-19(21)22-13-6-10-16-14-23-20(24-16)18-12-5-9-15-8-3-4-11-17(15)18/h2-5,7-9,11-12,16,20H,6,10,13-14H2,1H3. The molecule has 0 bridgehead atoms. The summed E-state index contributed by atoms with van der Waals surface area (Å²) < 4.78 is 5.68. The lowest BCUT2D eigenvalue weighted by Gasteiger charge is -2.13. The van der Waals surface area contributed by atoms with Crippen LogP contribution < -0.4 is 0 Å². The molecule has 0 N–H and O–H groups in total. The molecule has 1 aliphatic rings. The molecule has 2 aromatic rings. The number of esters is 1. The van der Waals surface area contributed by atoms with Gasteiger partial charge in [-0.15, -0.1) is 23.5 Å². The van der Waals surface area contributed by atoms with Gasteiger partial charge in [-0.05, 0) is 36.1 Å². The van der Waals surface area contributed by atoms with E-state index in [1.54, 1.807) is 6.08 Å². The van der Waals surface area contributed by atoms with Gasteiger partial charge in [-0.2, -0.15) is 0 Å². The van der Waals surface area contributed by atoms with E-state index in [9.17, 15) is 4.79 Å². The van der Waals surface area contributed by atoms with Crippen molar-refractivity contribution in [3.63, 3.8) is 0 Å². The second kappa shape index (κ2) is 8.63. The summed E-state index contributed by atoms with van der Waals surface area (Å²) in [5.74, 6) is 0.932. The van der Waals surface area contributed by atoms with Gasteiger partial charge in [0.25, 0.3) is 0 Å². The number of hydrogen-bond acceptors (Lipinski definition) is 4. The van der Waals surface area contributed by atoms with Crippen molar-refractivity contribution in [1.29, 1.82) is 0 Å². The normalized spacial score (nSPS) is 20.7. The Morgan fingerprint density at radius 2 is 2.08 bits per heavy atom. The van der Waals surface area contributed by atoms with Crippen LogP contribution in [0.25, 0.3) is 10.8 Å². The SMILES string of the molecule is CC=CC(=O)OCCCC1CSC(c2cccc3ccccc23)S1. The lowest BCUT2D eigenvalue weighted by Crippen LogP contribution is -2.06. The van der Waals surface area contributed by atoms with E-state index < -0.39 is 0 Å². The van der Waals surface area contributed by atoms with Crippen LogP contribution in [0.1, 0.15) is 29.9 Å². The summed E-state index contributed by atoms with van der Waals surface area (Å²) in [6.07, 6.45) is 5.21. The van der Waals surface area contributed by atoms with Gasteiger partial charge in [0.05, 0.1) is 11.2 Å². The van der Waals surface area contributed by atoms with E-state index in [0.29, 0.717) is 16.4 Å². The highest BCUT2D eigenvalue weighted by Gasteiger charge is 2.27. The molecule has 1 fully saturated rings. The van der Waals surface area contributed by atoms with Gasteiger partial charge in [0, 0.05) is 17.1 Å². The van der Waals surface area contributed by atoms with Crippen LogP contribution in [0.5, 0.6) is 0 Å². The van der Waals surface area contributed by atoms with E-state index in [1.807, 2.05) is 18.7 Å². The summed E-state index contributed by atoms with van der Waals surface area (Å²) in [4.78, 5) is 11.3. The zero-order chi connectivity index (χ0) is 16.8. The molecule has 2 unspecified atom stereocenters. The quantitative estimate of drug-likeness (QED) is 0.382. The Hall–Kier alpha value is -1.39. The number of ether oxygens (including phenoxy) is 1. The van der Waals surface area contributed by atoms with Gasteiger partial charge in [-0.1, -0.05) is 48.5 Å². The van der Waals surface area contributed by atoms with Crippen LogP contribution in [-0.4, -0.2) is 23.6 Å².